The molecule has 21 heavy (non-hydrogen) atoms. The third kappa shape index (κ3) is 2.86. The zero-order valence-electron chi connectivity index (χ0n) is 11.6. The van der Waals surface area contributed by atoms with E-state index in [0.717, 1.165) is 38.0 Å². The predicted octanol–water partition coefficient (Wildman–Crippen LogP) is 5.13. The fourth-order valence-electron chi connectivity index (χ4n) is 2.06. The van der Waals surface area contributed by atoms with Gasteiger partial charge in [0.05, 0.1) is 12.5 Å². The van der Waals surface area contributed by atoms with Gasteiger partial charge in [0.25, 0.3) is 0 Å². The molecule has 0 unspecified atom stereocenters. The van der Waals surface area contributed by atoms with Gasteiger partial charge in [-0.3, -0.25) is 0 Å². The van der Waals surface area contributed by atoms with Crippen LogP contribution in [0.25, 0.3) is 21.3 Å². The van der Waals surface area contributed by atoms with Crippen LogP contribution in [0.1, 0.15) is 6.92 Å². The van der Waals surface area contributed by atoms with Gasteiger partial charge in [-0.05, 0) is 23.4 Å². The highest BCUT2D eigenvalue weighted by Gasteiger charge is 2.14. The van der Waals surface area contributed by atoms with Crippen molar-refractivity contribution >= 4 is 44.9 Å². The van der Waals surface area contributed by atoms with E-state index in [1.165, 1.54) is 0 Å². The third-order valence-electron chi connectivity index (χ3n) is 3.04. The second-order valence-corrected chi connectivity index (χ2v) is 6.74. The fraction of sp³-hybridized carbons (Fsp3) is 0.200. The van der Waals surface area contributed by atoms with Crippen LogP contribution in [0.3, 0.4) is 0 Å². The minimum Gasteiger partial charge on any atom is -0.497 e. The summed E-state index contributed by atoms with van der Waals surface area (Å²) in [5.74, 6) is 1.76. The zero-order chi connectivity index (χ0) is 14.8. The van der Waals surface area contributed by atoms with E-state index in [-0.39, 0.29) is 0 Å². The molecule has 0 saturated carbocycles. The maximum absolute atomic E-state index is 6.37. The number of aromatic nitrogens is 2. The van der Waals surface area contributed by atoms with Crippen molar-refractivity contribution in [1.29, 1.82) is 0 Å². The Morgan fingerprint density at radius 1 is 1.24 bits per heavy atom. The minimum absolute atomic E-state index is 0.517. The average molecular weight is 337 g/mol. The van der Waals surface area contributed by atoms with Crippen molar-refractivity contribution in [3.8, 4) is 16.9 Å². The number of ether oxygens (including phenoxy) is 1. The smallest absolute Gasteiger partial charge is 0.190 e. The number of hydrogen-bond acceptors (Lipinski definition) is 5. The lowest BCUT2D eigenvalue weighted by Gasteiger charge is -2.04. The van der Waals surface area contributed by atoms with Gasteiger partial charge < -0.3 is 4.74 Å². The molecule has 0 N–H and O–H groups in total. The highest BCUT2D eigenvalue weighted by molar-refractivity contribution is 7.99. The van der Waals surface area contributed by atoms with Crippen molar-refractivity contribution in [1.82, 2.24) is 9.97 Å². The Morgan fingerprint density at radius 3 is 2.67 bits per heavy atom. The normalized spacial score (nSPS) is 11.0. The van der Waals surface area contributed by atoms with Crippen LogP contribution in [-0.4, -0.2) is 22.8 Å². The first-order chi connectivity index (χ1) is 10.2. The Hall–Kier alpha value is -1.30. The van der Waals surface area contributed by atoms with Crippen molar-refractivity contribution in [2.24, 2.45) is 0 Å². The summed E-state index contributed by atoms with van der Waals surface area (Å²) in [4.78, 5) is 9.88. The van der Waals surface area contributed by atoms with Gasteiger partial charge in [0.1, 0.15) is 15.7 Å². The van der Waals surface area contributed by atoms with Crippen LogP contribution in [0.4, 0.5) is 0 Å². The van der Waals surface area contributed by atoms with Gasteiger partial charge in [0.2, 0.25) is 0 Å². The molecule has 0 fully saturated rings. The van der Waals surface area contributed by atoms with Gasteiger partial charge in [0, 0.05) is 10.9 Å². The molecule has 0 spiro atoms. The molecule has 0 amide bonds. The zero-order valence-corrected chi connectivity index (χ0v) is 14.0. The molecular formula is C15H13ClN2OS2. The Bertz CT molecular complexity index is 771. The molecule has 2 aromatic heterocycles. The largest absolute Gasteiger partial charge is 0.497 e. The lowest BCUT2D eigenvalue weighted by molar-refractivity contribution is 0.415. The monoisotopic (exact) mass is 336 g/mol. The van der Waals surface area contributed by atoms with E-state index < -0.39 is 0 Å². The summed E-state index contributed by atoms with van der Waals surface area (Å²) in [5.41, 5.74) is 2.15. The van der Waals surface area contributed by atoms with Crippen LogP contribution >= 0.6 is 34.7 Å². The molecule has 0 bridgehead atoms. The molecular weight excluding hydrogens is 324 g/mol. The van der Waals surface area contributed by atoms with Gasteiger partial charge in [0.15, 0.2) is 5.16 Å². The number of benzene rings is 1. The molecule has 0 aliphatic rings. The van der Waals surface area contributed by atoms with E-state index in [0.29, 0.717) is 5.15 Å². The van der Waals surface area contributed by atoms with Crippen LogP contribution in [0.15, 0.2) is 34.8 Å². The summed E-state index contributed by atoms with van der Waals surface area (Å²) >= 11 is 9.56. The van der Waals surface area contributed by atoms with Crippen LogP contribution in [0, 0.1) is 0 Å². The molecule has 108 valence electrons. The molecule has 1 aromatic carbocycles. The minimum atomic E-state index is 0.517. The first-order valence-electron chi connectivity index (χ1n) is 6.45. The van der Waals surface area contributed by atoms with Crippen molar-refractivity contribution < 1.29 is 4.74 Å². The van der Waals surface area contributed by atoms with Crippen molar-refractivity contribution in [3.05, 3.63) is 34.8 Å². The average Bonchev–Trinajstić information content (AvgIpc) is 2.92. The molecule has 3 aromatic rings. The van der Waals surface area contributed by atoms with E-state index in [2.05, 4.69) is 22.3 Å². The summed E-state index contributed by atoms with van der Waals surface area (Å²) in [6, 6.07) is 7.92. The predicted molar refractivity (Wildman–Crippen MR) is 90.8 cm³/mol. The first kappa shape index (κ1) is 14.6. The number of thiophene rings is 1. The molecule has 0 radical (unpaired) electrons. The molecule has 3 nitrogen and oxygen atoms in total. The van der Waals surface area contributed by atoms with E-state index >= 15 is 0 Å². The molecule has 0 aliphatic heterocycles. The van der Waals surface area contributed by atoms with Crippen molar-refractivity contribution in [2.75, 3.05) is 12.9 Å². The molecule has 3 rings (SSSR count). The van der Waals surface area contributed by atoms with Crippen LogP contribution in [0.5, 0.6) is 5.75 Å². The molecule has 2 heterocycles. The van der Waals surface area contributed by atoms with E-state index in [9.17, 15) is 0 Å². The Balaban J connectivity index is 2.10. The fourth-order valence-corrected chi connectivity index (χ4v) is 4.01. The van der Waals surface area contributed by atoms with Crippen LogP contribution in [-0.2, 0) is 0 Å². The number of methoxy groups -OCH3 is 1. The van der Waals surface area contributed by atoms with E-state index in [4.69, 9.17) is 16.3 Å². The quantitative estimate of drug-likeness (QED) is 0.376. The molecule has 6 heteroatoms. The van der Waals surface area contributed by atoms with Crippen molar-refractivity contribution in [3.63, 3.8) is 0 Å². The second kappa shape index (κ2) is 6.22. The van der Waals surface area contributed by atoms with Crippen molar-refractivity contribution in [2.45, 2.75) is 12.1 Å². The number of nitrogens with zero attached hydrogens (tertiary/aromatic N) is 2. The van der Waals surface area contributed by atoms with E-state index in [1.807, 2.05) is 24.3 Å². The number of rotatable bonds is 4. The summed E-state index contributed by atoms with van der Waals surface area (Å²) in [7, 11) is 1.66. The number of thioether (sulfide) groups is 1. The second-order valence-electron chi connectivity index (χ2n) is 4.29. The number of hydrogen-bond donors (Lipinski definition) is 0. The van der Waals surface area contributed by atoms with Gasteiger partial charge in [-0.15, -0.1) is 11.3 Å². The Labute approximate surface area is 136 Å². The number of fused-ring (bicyclic) bond motifs is 1. The molecule has 0 saturated heterocycles. The Morgan fingerprint density at radius 2 is 2.00 bits per heavy atom. The summed E-state index contributed by atoms with van der Waals surface area (Å²) in [6.45, 7) is 2.07. The third-order valence-corrected chi connectivity index (χ3v) is 4.92. The topological polar surface area (TPSA) is 35.0 Å². The first-order valence-corrected chi connectivity index (χ1v) is 8.69. The van der Waals surface area contributed by atoms with Crippen LogP contribution in [0.2, 0.25) is 5.15 Å². The van der Waals surface area contributed by atoms with Gasteiger partial charge >= 0.3 is 0 Å². The molecule has 0 atom stereocenters. The van der Waals surface area contributed by atoms with E-state index in [1.54, 1.807) is 30.2 Å². The standard InChI is InChI=1S/C15H13ClN2OS2/c1-3-20-15-17-13(16)12-11(8-21-14(12)18-15)9-4-6-10(19-2)7-5-9/h4-8H,3H2,1-2H3. The maximum Gasteiger partial charge on any atom is 0.190 e. The lowest BCUT2D eigenvalue weighted by Crippen LogP contribution is -1.89. The van der Waals surface area contributed by atoms with Crippen LogP contribution < -0.4 is 4.74 Å². The summed E-state index contributed by atoms with van der Waals surface area (Å²) < 4.78 is 5.19. The number of halogens is 1. The molecule has 0 aliphatic carbocycles. The van der Waals surface area contributed by atoms with Gasteiger partial charge in [-0.1, -0.05) is 42.4 Å². The SMILES string of the molecule is CCSc1nc(Cl)c2c(-c3ccc(OC)cc3)csc2n1. The lowest BCUT2D eigenvalue weighted by atomic mass is 10.1. The summed E-state index contributed by atoms with van der Waals surface area (Å²) in [6.07, 6.45) is 0. The highest BCUT2D eigenvalue weighted by Crippen LogP contribution is 2.38. The van der Waals surface area contributed by atoms with Gasteiger partial charge in [-0.25, -0.2) is 9.97 Å². The summed E-state index contributed by atoms with van der Waals surface area (Å²) in [5, 5.41) is 4.25. The Kier molecular flexibility index (Phi) is 4.33. The highest BCUT2D eigenvalue weighted by atomic mass is 35.5. The van der Waals surface area contributed by atoms with Gasteiger partial charge in [-0.2, -0.15) is 0 Å². The maximum atomic E-state index is 6.37.